The van der Waals surface area contributed by atoms with Gasteiger partial charge in [0.05, 0.1) is 21.6 Å². The first-order valence-corrected chi connectivity index (χ1v) is 7.19. The fourth-order valence-corrected chi connectivity index (χ4v) is 2.66. The number of rotatable bonds is 3. The van der Waals surface area contributed by atoms with Crippen molar-refractivity contribution in [1.82, 2.24) is 9.97 Å². The number of alkyl halides is 3. The van der Waals surface area contributed by atoms with Crippen molar-refractivity contribution in [2.45, 2.75) is 6.18 Å². The fourth-order valence-electron chi connectivity index (χ4n) is 2.34. The van der Waals surface area contributed by atoms with Crippen LogP contribution < -0.4 is 0 Å². The first-order chi connectivity index (χ1) is 11.3. The molecule has 0 aliphatic carbocycles. The van der Waals surface area contributed by atoms with E-state index in [1.54, 1.807) is 6.07 Å². The van der Waals surface area contributed by atoms with Gasteiger partial charge in [-0.1, -0.05) is 17.7 Å². The zero-order valence-corrected chi connectivity index (χ0v) is 12.7. The average Bonchev–Trinajstić information content (AvgIpc) is 2.95. The van der Waals surface area contributed by atoms with Crippen molar-refractivity contribution in [3.8, 4) is 11.4 Å². The Labute approximate surface area is 138 Å². The number of hydrogen-bond donors (Lipinski definition) is 2. The van der Waals surface area contributed by atoms with Crippen molar-refractivity contribution in [3.63, 3.8) is 0 Å². The molecule has 0 aliphatic rings. The van der Waals surface area contributed by atoms with E-state index in [2.05, 4.69) is 9.97 Å². The van der Waals surface area contributed by atoms with Crippen molar-refractivity contribution in [2.24, 2.45) is 0 Å². The Balaban J connectivity index is 2.12. The Morgan fingerprint density at radius 2 is 2.00 bits per heavy atom. The van der Waals surface area contributed by atoms with Gasteiger partial charge in [0.2, 0.25) is 0 Å². The number of ketones is 1. The molecule has 8 heteroatoms. The van der Waals surface area contributed by atoms with Gasteiger partial charge in [0.15, 0.2) is 5.78 Å². The quantitative estimate of drug-likeness (QED) is 0.697. The predicted molar refractivity (Wildman–Crippen MR) is 83.0 cm³/mol. The molecule has 2 aromatic carbocycles. The van der Waals surface area contributed by atoms with Crippen LogP contribution in [-0.2, 0) is 6.18 Å². The summed E-state index contributed by atoms with van der Waals surface area (Å²) in [5, 5.41) is 8.44. The molecule has 3 rings (SSSR count). The third-order valence-electron chi connectivity index (χ3n) is 3.51. The second-order valence-corrected chi connectivity index (χ2v) is 5.44. The lowest BCUT2D eigenvalue weighted by Crippen LogP contribution is -2.06. The minimum Gasteiger partial charge on any atom is -0.388 e. The summed E-state index contributed by atoms with van der Waals surface area (Å²) in [6.07, 6.45) is -4.57. The molecule has 0 fully saturated rings. The summed E-state index contributed by atoms with van der Waals surface area (Å²) in [7, 11) is 0. The minimum absolute atomic E-state index is 0.109. The summed E-state index contributed by atoms with van der Waals surface area (Å²) in [6.45, 7) is -0.633. The van der Waals surface area contributed by atoms with Gasteiger partial charge in [-0.15, -0.1) is 0 Å². The van der Waals surface area contributed by atoms with Crippen LogP contribution in [0.25, 0.3) is 22.4 Å². The Hall–Kier alpha value is -2.38. The molecule has 4 nitrogen and oxygen atoms in total. The van der Waals surface area contributed by atoms with Gasteiger partial charge in [0.1, 0.15) is 12.4 Å². The van der Waals surface area contributed by atoms with E-state index < -0.39 is 29.2 Å². The summed E-state index contributed by atoms with van der Waals surface area (Å²) in [4.78, 5) is 18.6. The number of carbonyl (C=O) groups is 1. The molecule has 0 amide bonds. The molecule has 0 atom stereocenters. The van der Waals surface area contributed by atoms with E-state index in [-0.39, 0.29) is 17.0 Å². The van der Waals surface area contributed by atoms with Gasteiger partial charge in [-0.2, -0.15) is 13.2 Å². The van der Waals surface area contributed by atoms with Gasteiger partial charge in [-0.05, 0) is 30.3 Å². The minimum atomic E-state index is -4.57. The Bertz CT molecular complexity index is 935. The SMILES string of the molecule is O=C(CO)c1ccc2nc(-c3cccc(C(F)(F)F)c3Cl)[nH]c2c1. The number of H-pyrrole nitrogens is 1. The Kier molecular flexibility index (Phi) is 4.06. The highest BCUT2D eigenvalue weighted by atomic mass is 35.5. The highest BCUT2D eigenvalue weighted by Crippen LogP contribution is 2.39. The second-order valence-electron chi connectivity index (χ2n) is 5.06. The first-order valence-electron chi connectivity index (χ1n) is 6.81. The summed E-state index contributed by atoms with van der Waals surface area (Å²) in [5.41, 5.74) is 0.358. The van der Waals surface area contributed by atoms with Crippen LogP contribution in [0.4, 0.5) is 13.2 Å². The molecule has 3 aromatic rings. The predicted octanol–water partition coefficient (Wildman–Crippen LogP) is 4.08. The monoisotopic (exact) mass is 354 g/mol. The van der Waals surface area contributed by atoms with E-state index in [0.717, 1.165) is 6.07 Å². The zero-order valence-electron chi connectivity index (χ0n) is 12.0. The number of hydrogen-bond acceptors (Lipinski definition) is 3. The van der Waals surface area contributed by atoms with Gasteiger partial charge < -0.3 is 10.1 Å². The van der Waals surface area contributed by atoms with Crippen LogP contribution in [0.2, 0.25) is 5.02 Å². The number of Topliss-reactive ketones (excluding diaryl/α,β-unsaturated/α-hetero) is 1. The largest absolute Gasteiger partial charge is 0.417 e. The molecule has 1 aromatic heterocycles. The highest BCUT2D eigenvalue weighted by Gasteiger charge is 2.34. The maximum atomic E-state index is 13.0. The maximum absolute atomic E-state index is 13.0. The van der Waals surface area contributed by atoms with Gasteiger partial charge >= 0.3 is 6.18 Å². The van der Waals surface area contributed by atoms with E-state index in [9.17, 15) is 18.0 Å². The second kappa shape index (κ2) is 5.92. The molecule has 1 heterocycles. The summed E-state index contributed by atoms with van der Waals surface area (Å²) in [5.74, 6) is -0.306. The number of nitrogens with one attached hydrogen (secondary N) is 1. The molecule has 0 radical (unpaired) electrons. The van der Waals surface area contributed by atoms with Crippen LogP contribution >= 0.6 is 11.6 Å². The van der Waals surface area contributed by atoms with E-state index in [0.29, 0.717) is 11.0 Å². The third-order valence-corrected chi connectivity index (χ3v) is 3.91. The number of imidazole rings is 1. The smallest absolute Gasteiger partial charge is 0.388 e. The first kappa shape index (κ1) is 16.5. The van der Waals surface area contributed by atoms with Crippen LogP contribution in [0, 0.1) is 0 Å². The van der Waals surface area contributed by atoms with Gasteiger partial charge in [0.25, 0.3) is 0 Å². The molecule has 0 spiro atoms. The topological polar surface area (TPSA) is 66.0 Å². The van der Waals surface area contributed by atoms with E-state index in [4.69, 9.17) is 16.7 Å². The number of nitrogens with zero attached hydrogens (tertiary/aromatic N) is 1. The summed E-state index contributed by atoms with van der Waals surface area (Å²) >= 11 is 5.89. The van der Waals surface area contributed by atoms with Crippen LogP contribution in [-0.4, -0.2) is 27.5 Å². The number of aliphatic hydroxyl groups excluding tert-OH is 1. The number of fused-ring (bicyclic) bond motifs is 1. The number of benzene rings is 2. The van der Waals surface area contributed by atoms with E-state index in [1.165, 1.54) is 24.3 Å². The number of carbonyl (C=O) groups excluding carboxylic acids is 1. The summed E-state index contributed by atoms with van der Waals surface area (Å²) in [6, 6.07) is 8.07. The number of halogens is 4. The number of aliphatic hydroxyl groups is 1. The molecule has 24 heavy (non-hydrogen) atoms. The molecule has 0 saturated heterocycles. The molecular weight excluding hydrogens is 345 g/mol. The molecule has 0 bridgehead atoms. The number of aromatic amines is 1. The van der Waals surface area contributed by atoms with Crippen molar-refractivity contribution in [2.75, 3.05) is 6.61 Å². The Morgan fingerprint density at radius 3 is 2.67 bits per heavy atom. The third kappa shape index (κ3) is 2.88. The van der Waals surface area contributed by atoms with Crippen molar-refractivity contribution < 1.29 is 23.1 Å². The standard InChI is InChI=1S/C16H10ClF3N2O2/c17-14-9(2-1-3-10(14)16(18,19)20)15-21-11-5-4-8(13(24)7-23)6-12(11)22-15/h1-6,23H,7H2,(H,21,22). The average molecular weight is 355 g/mol. The van der Waals surface area contributed by atoms with Crippen LogP contribution in [0.3, 0.4) is 0 Å². The van der Waals surface area contributed by atoms with E-state index >= 15 is 0 Å². The fraction of sp³-hybridized carbons (Fsp3) is 0.125. The molecule has 0 unspecified atom stereocenters. The lowest BCUT2D eigenvalue weighted by Gasteiger charge is -2.10. The van der Waals surface area contributed by atoms with Gasteiger partial charge in [0, 0.05) is 11.1 Å². The zero-order chi connectivity index (χ0) is 17.5. The van der Waals surface area contributed by atoms with E-state index in [1.807, 2.05) is 0 Å². The molecule has 0 aliphatic heterocycles. The van der Waals surface area contributed by atoms with Crippen molar-refractivity contribution in [1.29, 1.82) is 0 Å². The molecule has 0 saturated carbocycles. The van der Waals surface area contributed by atoms with Gasteiger partial charge in [-0.3, -0.25) is 4.79 Å². The number of aromatic nitrogens is 2. The van der Waals surface area contributed by atoms with Crippen LogP contribution in [0.15, 0.2) is 36.4 Å². The lowest BCUT2D eigenvalue weighted by atomic mass is 10.1. The van der Waals surface area contributed by atoms with Crippen LogP contribution in [0.5, 0.6) is 0 Å². The lowest BCUT2D eigenvalue weighted by molar-refractivity contribution is -0.137. The normalized spacial score (nSPS) is 11.9. The van der Waals surface area contributed by atoms with Gasteiger partial charge in [-0.25, -0.2) is 4.98 Å². The molecule has 2 N–H and O–H groups in total. The summed E-state index contributed by atoms with van der Waals surface area (Å²) < 4.78 is 38.9. The maximum Gasteiger partial charge on any atom is 0.417 e. The molecular formula is C16H10ClF3N2O2. The highest BCUT2D eigenvalue weighted by molar-refractivity contribution is 6.34. The Morgan fingerprint density at radius 1 is 1.25 bits per heavy atom. The van der Waals surface area contributed by atoms with Crippen LogP contribution in [0.1, 0.15) is 15.9 Å². The molecule has 124 valence electrons. The van der Waals surface area contributed by atoms with Crippen molar-refractivity contribution in [3.05, 3.63) is 52.5 Å². The van der Waals surface area contributed by atoms with Crippen molar-refractivity contribution >= 4 is 28.4 Å².